The Bertz CT molecular complexity index is 2550. The Morgan fingerprint density at radius 1 is 0.415 bits per heavy atom. The molecule has 9 aromatic rings. The summed E-state index contributed by atoms with van der Waals surface area (Å²) in [6, 6.07) is 48.2. The van der Waals surface area contributed by atoms with Crippen LogP contribution in [0.4, 0.5) is 0 Å². The smallest absolute Gasteiger partial charge is 0.146 e. The van der Waals surface area contributed by atoms with Gasteiger partial charge in [0.2, 0.25) is 0 Å². The molecule has 0 unspecified atom stereocenters. The second kappa shape index (κ2) is 8.30. The van der Waals surface area contributed by atoms with Crippen molar-refractivity contribution in [2.75, 3.05) is 0 Å². The fraction of sp³-hybridized carbons (Fsp3) is 0.0263. The summed E-state index contributed by atoms with van der Waals surface area (Å²) in [5, 5.41) is 7.27. The molecule has 9 rings (SSSR count). The average Bonchev–Trinajstić information content (AvgIpc) is 3.57. The molecule has 0 radical (unpaired) electrons. The number of fused-ring (bicyclic) bond motifs is 9. The van der Waals surface area contributed by atoms with E-state index in [4.69, 9.17) is 4.98 Å². The van der Waals surface area contributed by atoms with Crippen LogP contribution in [0.5, 0.6) is 0 Å². The molecule has 0 N–H and O–H groups in total. The number of hydrogen-bond acceptors (Lipinski definition) is 1. The zero-order valence-electron chi connectivity index (χ0n) is 22.5. The predicted octanol–water partition coefficient (Wildman–Crippen LogP) is 9.89. The average molecular weight is 524 g/mol. The molecule has 41 heavy (non-hydrogen) atoms. The van der Waals surface area contributed by atoms with Crippen LogP contribution in [0.3, 0.4) is 0 Å². The van der Waals surface area contributed by atoms with E-state index < -0.39 is 0 Å². The summed E-state index contributed by atoms with van der Waals surface area (Å²) in [5.74, 6) is 0.962. The van der Waals surface area contributed by atoms with Crippen molar-refractivity contribution in [2.45, 2.75) is 6.92 Å². The van der Waals surface area contributed by atoms with Crippen molar-refractivity contribution in [3.8, 4) is 11.4 Å². The summed E-state index contributed by atoms with van der Waals surface area (Å²) in [7, 11) is 0. The van der Waals surface area contributed by atoms with Crippen molar-refractivity contribution in [1.82, 2.24) is 13.8 Å². The molecule has 0 saturated heterocycles. The van der Waals surface area contributed by atoms with Crippen molar-refractivity contribution in [1.29, 1.82) is 0 Å². The second-order valence-corrected chi connectivity index (χ2v) is 10.8. The lowest BCUT2D eigenvalue weighted by molar-refractivity contribution is 1.21. The minimum absolute atomic E-state index is 0.962. The Hall–Kier alpha value is -5.41. The topological polar surface area (TPSA) is 21.7 Å². The van der Waals surface area contributed by atoms with Gasteiger partial charge in [0.15, 0.2) is 0 Å². The van der Waals surface area contributed by atoms with Gasteiger partial charge >= 0.3 is 0 Å². The minimum Gasteiger partial charge on any atom is -0.308 e. The third-order valence-corrected chi connectivity index (χ3v) is 8.63. The van der Waals surface area contributed by atoms with Crippen LogP contribution in [-0.2, 0) is 0 Å². The highest BCUT2D eigenvalue weighted by atomic mass is 15.0. The number of aryl methyl sites for hydroxylation is 1. The SMILES string of the molecule is Cc1ccccc1-c1nc2cccc3c4cccc5c6ccccc6n(c6ccccc6c6ccccc6n1c23)c45. The van der Waals surface area contributed by atoms with Gasteiger partial charge in [0.1, 0.15) is 5.82 Å². The Kier molecular flexibility index (Phi) is 4.53. The highest BCUT2D eigenvalue weighted by Crippen LogP contribution is 2.39. The zero-order chi connectivity index (χ0) is 27.1. The second-order valence-electron chi connectivity index (χ2n) is 10.8. The Labute approximate surface area is 236 Å². The van der Waals surface area contributed by atoms with Crippen molar-refractivity contribution in [3.05, 3.63) is 139 Å². The van der Waals surface area contributed by atoms with Crippen LogP contribution in [0.15, 0.2) is 133 Å². The van der Waals surface area contributed by atoms with Crippen molar-refractivity contribution >= 4 is 65.4 Å². The molecule has 0 spiro atoms. The van der Waals surface area contributed by atoms with E-state index in [2.05, 4.69) is 149 Å². The quantitative estimate of drug-likeness (QED) is 0.210. The Morgan fingerprint density at radius 3 is 1.54 bits per heavy atom. The van der Waals surface area contributed by atoms with E-state index in [0.29, 0.717) is 0 Å². The van der Waals surface area contributed by atoms with Gasteiger partial charge in [0, 0.05) is 37.9 Å². The number of benzene rings is 6. The van der Waals surface area contributed by atoms with Crippen molar-refractivity contribution in [2.24, 2.45) is 0 Å². The normalized spacial score (nSPS) is 12.0. The molecule has 0 saturated carbocycles. The fourth-order valence-electron chi connectivity index (χ4n) is 6.86. The van der Waals surface area contributed by atoms with Crippen LogP contribution in [0.2, 0.25) is 0 Å². The van der Waals surface area contributed by atoms with E-state index in [1.165, 1.54) is 54.4 Å². The molecule has 0 fully saturated rings. The molecule has 0 amide bonds. The summed E-state index contributed by atoms with van der Waals surface area (Å²) >= 11 is 0. The van der Waals surface area contributed by atoms with Gasteiger partial charge < -0.3 is 4.40 Å². The van der Waals surface area contributed by atoms with E-state index in [9.17, 15) is 0 Å². The molecule has 6 aromatic carbocycles. The summed E-state index contributed by atoms with van der Waals surface area (Å²) in [4.78, 5) is 5.33. The van der Waals surface area contributed by atoms with E-state index >= 15 is 0 Å². The summed E-state index contributed by atoms with van der Waals surface area (Å²) in [6.07, 6.45) is 0. The van der Waals surface area contributed by atoms with Gasteiger partial charge in [-0.2, -0.15) is 0 Å². The standard InChI is InChI=1S/C38H25N3/c1-24-12-2-3-13-25(24)38-39-32-20-11-19-31-30-18-10-17-29-28-16-6-8-22-34(28)40(36(29)30)33-21-7-4-14-26(33)27-15-5-9-23-35(27)41(38)37(31)32/h2-23H,1H3. The van der Waals surface area contributed by atoms with Gasteiger partial charge in [0.05, 0.1) is 33.1 Å². The fourth-order valence-corrected chi connectivity index (χ4v) is 6.86. The van der Waals surface area contributed by atoms with E-state index in [1.54, 1.807) is 0 Å². The maximum atomic E-state index is 5.33. The van der Waals surface area contributed by atoms with Crippen LogP contribution < -0.4 is 0 Å². The van der Waals surface area contributed by atoms with E-state index in [0.717, 1.165) is 27.9 Å². The first-order chi connectivity index (χ1) is 20.3. The summed E-state index contributed by atoms with van der Waals surface area (Å²) in [6.45, 7) is 2.17. The summed E-state index contributed by atoms with van der Waals surface area (Å²) < 4.78 is 4.87. The van der Waals surface area contributed by atoms with Gasteiger partial charge in [0.25, 0.3) is 0 Å². The Morgan fingerprint density at radius 2 is 0.878 bits per heavy atom. The van der Waals surface area contributed by atoms with Crippen molar-refractivity contribution < 1.29 is 0 Å². The monoisotopic (exact) mass is 523 g/mol. The third-order valence-electron chi connectivity index (χ3n) is 8.63. The van der Waals surface area contributed by atoms with E-state index in [-0.39, 0.29) is 0 Å². The molecule has 0 aliphatic carbocycles. The third kappa shape index (κ3) is 3.00. The van der Waals surface area contributed by atoms with Crippen LogP contribution in [0, 0.1) is 6.92 Å². The van der Waals surface area contributed by atoms with Crippen LogP contribution >= 0.6 is 0 Å². The van der Waals surface area contributed by atoms with Gasteiger partial charge in [-0.05, 0) is 36.8 Å². The van der Waals surface area contributed by atoms with Crippen molar-refractivity contribution in [3.63, 3.8) is 0 Å². The lowest BCUT2D eigenvalue weighted by Crippen LogP contribution is -1.94. The molecule has 0 atom stereocenters. The first kappa shape index (κ1) is 22.4. The first-order valence-electron chi connectivity index (χ1n) is 14.1. The number of hydrogen-bond donors (Lipinski definition) is 0. The molecule has 0 aliphatic rings. The maximum Gasteiger partial charge on any atom is 0.146 e. The molecular formula is C38H25N3. The molecular weight excluding hydrogens is 498 g/mol. The van der Waals surface area contributed by atoms with Gasteiger partial charge in [-0.3, -0.25) is 4.40 Å². The molecule has 3 heteroatoms. The lowest BCUT2D eigenvalue weighted by Gasteiger charge is -2.11. The number of aromatic nitrogens is 3. The molecule has 192 valence electrons. The highest BCUT2D eigenvalue weighted by Gasteiger charge is 2.19. The molecule has 3 nitrogen and oxygen atoms in total. The molecule has 0 aliphatic heterocycles. The minimum atomic E-state index is 0.962. The predicted molar refractivity (Wildman–Crippen MR) is 173 cm³/mol. The highest BCUT2D eigenvalue weighted by molar-refractivity contribution is 6.22. The van der Waals surface area contributed by atoms with Crippen LogP contribution in [0.1, 0.15) is 5.56 Å². The lowest BCUT2D eigenvalue weighted by atomic mass is 10.1. The number of rotatable bonds is 1. The molecule has 3 aromatic heterocycles. The van der Waals surface area contributed by atoms with Crippen LogP contribution in [-0.4, -0.2) is 13.8 Å². The Balaban J connectivity index is 1.73. The zero-order valence-corrected chi connectivity index (χ0v) is 22.5. The molecule has 3 heterocycles. The number of para-hydroxylation sites is 5. The van der Waals surface area contributed by atoms with Gasteiger partial charge in [-0.15, -0.1) is 0 Å². The number of nitrogens with zero attached hydrogens (tertiary/aromatic N) is 3. The first-order valence-corrected chi connectivity index (χ1v) is 14.1. The maximum absolute atomic E-state index is 5.33. The van der Waals surface area contributed by atoms with Crippen LogP contribution in [0.25, 0.3) is 76.8 Å². The van der Waals surface area contributed by atoms with Gasteiger partial charge in [-0.25, -0.2) is 4.98 Å². The number of imidazole rings is 1. The summed E-state index contributed by atoms with van der Waals surface area (Å²) in [5.41, 5.74) is 9.19. The largest absolute Gasteiger partial charge is 0.308 e. The van der Waals surface area contributed by atoms with Gasteiger partial charge in [-0.1, -0.05) is 109 Å². The van der Waals surface area contributed by atoms with E-state index in [1.807, 2.05) is 0 Å². The molecule has 0 bridgehead atoms.